The van der Waals surface area contributed by atoms with Crippen molar-refractivity contribution >= 4 is 23.5 Å². The number of nitrogens with zero attached hydrogens (tertiary/aromatic N) is 4. The van der Waals surface area contributed by atoms with E-state index in [1.54, 1.807) is 13.0 Å². The maximum absolute atomic E-state index is 12.1. The van der Waals surface area contributed by atoms with E-state index in [0.717, 1.165) is 5.01 Å². The topological polar surface area (TPSA) is 84.8 Å². The van der Waals surface area contributed by atoms with Crippen molar-refractivity contribution in [3.05, 3.63) is 18.5 Å². The van der Waals surface area contributed by atoms with E-state index < -0.39 is 11.9 Å². The smallest absolute Gasteiger partial charge is 0.306 e. The molecule has 1 aliphatic heterocycles. The lowest BCUT2D eigenvalue weighted by Crippen LogP contribution is -2.30. The molecule has 0 aromatic carbocycles. The standard InChI is InChI=1S/C11H12N4O3/c1-7-8(6-9(16)18-2)10(17)15(14-7)11-12-4-3-5-13-11/h3-5,8H,6H2,1-2H3. The molecule has 0 N–H and O–H groups in total. The Kier molecular flexibility index (Phi) is 3.31. The molecule has 1 aromatic rings. The summed E-state index contributed by atoms with van der Waals surface area (Å²) in [5.74, 6) is -1.15. The first-order valence-electron chi connectivity index (χ1n) is 5.36. The number of aromatic nitrogens is 2. The lowest BCUT2D eigenvalue weighted by atomic mass is 10.0. The van der Waals surface area contributed by atoms with Crippen LogP contribution in [0.3, 0.4) is 0 Å². The highest BCUT2D eigenvalue weighted by molar-refractivity contribution is 6.15. The zero-order valence-electron chi connectivity index (χ0n) is 10.0. The summed E-state index contributed by atoms with van der Waals surface area (Å²) in [6.07, 6.45) is 3.02. The first-order valence-corrected chi connectivity index (χ1v) is 5.36. The molecule has 7 heteroatoms. The van der Waals surface area contributed by atoms with E-state index >= 15 is 0 Å². The van der Waals surface area contributed by atoms with Crippen molar-refractivity contribution < 1.29 is 14.3 Å². The molecule has 0 bridgehead atoms. The molecule has 2 heterocycles. The summed E-state index contributed by atoms with van der Waals surface area (Å²) in [4.78, 5) is 31.2. The van der Waals surface area contributed by atoms with Crippen molar-refractivity contribution in [1.29, 1.82) is 0 Å². The number of methoxy groups -OCH3 is 1. The van der Waals surface area contributed by atoms with Crippen molar-refractivity contribution in [2.45, 2.75) is 13.3 Å². The summed E-state index contributed by atoms with van der Waals surface area (Å²) in [7, 11) is 1.28. The average Bonchev–Trinajstić information content (AvgIpc) is 2.67. The first kappa shape index (κ1) is 12.2. The summed E-state index contributed by atoms with van der Waals surface area (Å²) in [5.41, 5.74) is 0.554. The number of amides is 1. The van der Waals surface area contributed by atoms with Gasteiger partial charge < -0.3 is 4.74 Å². The highest BCUT2D eigenvalue weighted by atomic mass is 16.5. The average molecular weight is 248 g/mol. The molecule has 2 rings (SSSR count). The van der Waals surface area contributed by atoms with Gasteiger partial charge in [-0.1, -0.05) is 0 Å². The Labute approximate surface area is 103 Å². The maximum atomic E-state index is 12.1. The Balaban J connectivity index is 2.19. The second-order valence-electron chi connectivity index (χ2n) is 3.77. The Bertz CT molecular complexity index is 500. The summed E-state index contributed by atoms with van der Waals surface area (Å²) < 4.78 is 4.55. The SMILES string of the molecule is COC(=O)CC1C(=O)N(c2ncccn2)N=C1C. The van der Waals surface area contributed by atoms with Gasteiger partial charge in [0.05, 0.1) is 19.4 Å². The Hall–Kier alpha value is -2.31. The van der Waals surface area contributed by atoms with Crippen LogP contribution in [0.4, 0.5) is 5.95 Å². The van der Waals surface area contributed by atoms with Crippen LogP contribution in [0, 0.1) is 5.92 Å². The second kappa shape index (κ2) is 4.91. The molecule has 0 radical (unpaired) electrons. The number of anilines is 1. The minimum absolute atomic E-state index is 0.0198. The first-order chi connectivity index (χ1) is 8.63. The van der Waals surface area contributed by atoms with Crippen molar-refractivity contribution in [2.75, 3.05) is 12.1 Å². The minimum Gasteiger partial charge on any atom is -0.469 e. The van der Waals surface area contributed by atoms with E-state index in [1.807, 2.05) is 0 Å². The lowest BCUT2D eigenvalue weighted by molar-refractivity contribution is -0.142. The summed E-state index contributed by atoms with van der Waals surface area (Å²) in [6, 6.07) is 1.65. The van der Waals surface area contributed by atoms with Gasteiger partial charge in [-0.15, -0.1) is 0 Å². The predicted molar refractivity (Wildman–Crippen MR) is 62.8 cm³/mol. The number of esters is 1. The number of ether oxygens (including phenoxy) is 1. The fourth-order valence-corrected chi connectivity index (χ4v) is 1.63. The van der Waals surface area contributed by atoms with E-state index in [-0.39, 0.29) is 18.3 Å². The number of hydrazone groups is 1. The molecule has 94 valence electrons. The third-order valence-corrected chi connectivity index (χ3v) is 2.61. The van der Waals surface area contributed by atoms with Crippen LogP contribution in [0.5, 0.6) is 0 Å². The fraction of sp³-hybridized carbons (Fsp3) is 0.364. The van der Waals surface area contributed by atoms with E-state index in [4.69, 9.17) is 0 Å². The van der Waals surface area contributed by atoms with Gasteiger partial charge >= 0.3 is 5.97 Å². The number of carbonyl (C=O) groups is 2. The third-order valence-electron chi connectivity index (χ3n) is 2.61. The summed E-state index contributed by atoms with van der Waals surface area (Å²) in [6.45, 7) is 1.69. The Morgan fingerprint density at radius 3 is 2.72 bits per heavy atom. The van der Waals surface area contributed by atoms with E-state index in [2.05, 4.69) is 19.8 Å². The highest BCUT2D eigenvalue weighted by Crippen LogP contribution is 2.22. The lowest BCUT2D eigenvalue weighted by Gasteiger charge is -2.11. The number of rotatable bonds is 3. The Morgan fingerprint density at radius 2 is 2.11 bits per heavy atom. The van der Waals surface area contributed by atoms with Crippen molar-refractivity contribution in [1.82, 2.24) is 9.97 Å². The zero-order valence-corrected chi connectivity index (χ0v) is 10.0. The van der Waals surface area contributed by atoms with Crippen LogP contribution in [0.1, 0.15) is 13.3 Å². The molecule has 7 nitrogen and oxygen atoms in total. The maximum Gasteiger partial charge on any atom is 0.306 e. The molecule has 0 aliphatic carbocycles. The highest BCUT2D eigenvalue weighted by Gasteiger charge is 2.37. The Morgan fingerprint density at radius 1 is 1.44 bits per heavy atom. The van der Waals surface area contributed by atoms with Crippen LogP contribution in [0.15, 0.2) is 23.6 Å². The van der Waals surface area contributed by atoms with Crippen molar-refractivity contribution in [2.24, 2.45) is 11.0 Å². The van der Waals surface area contributed by atoms with Crippen LogP contribution in [0.25, 0.3) is 0 Å². The summed E-state index contributed by atoms with van der Waals surface area (Å²) >= 11 is 0. The van der Waals surface area contributed by atoms with Gasteiger partial charge in [-0.3, -0.25) is 9.59 Å². The van der Waals surface area contributed by atoms with E-state index in [9.17, 15) is 9.59 Å². The van der Waals surface area contributed by atoms with Gasteiger partial charge in [0.2, 0.25) is 0 Å². The van der Waals surface area contributed by atoms with Gasteiger partial charge in [0, 0.05) is 18.1 Å². The molecule has 0 fully saturated rings. The van der Waals surface area contributed by atoms with Crippen LogP contribution < -0.4 is 5.01 Å². The van der Waals surface area contributed by atoms with Crippen molar-refractivity contribution in [3.8, 4) is 0 Å². The molecular formula is C11H12N4O3. The predicted octanol–water partition coefficient (Wildman–Crippen LogP) is 0.378. The van der Waals surface area contributed by atoms with Gasteiger partial charge in [0.1, 0.15) is 0 Å². The normalized spacial score (nSPS) is 18.8. The van der Waals surface area contributed by atoms with E-state index in [1.165, 1.54) is 19.5 Å². The number of hydrogen-bond acceptors (Lipinski definition) is 6. The molecule has 0 spiro atoms. The molecule has 0 saturated heterocycles. The fourth-order valence-electron chi connectivity index (χ4n) is 1.63. The molecule has 1 unspecified atom stereocenters. The molecule has 18 heavy (non-hydrogen) atoms. The van der Waals surface area contributed by atoms with Gasteiger partial charge in [0.15, 0.2) is 0 Å². The number of hydrogen-bond donors (Lipinski definition) is 0. The zero-order chi connectivity index (χ0) is 13.1. The number of carbonyl (C=O) groups excluding carboxylic acids is 2. The monoisotopic (exact) mass is 248 g/mol. The molecule has 0 saturated carbocycles. The van der Waals surface area contributed by atoms with Crippen LogP contribution in [-0.2, 0) is 14.3 Å². The molecule has 1 amide bonds. The van der Waals surface area contributed by atoms with Crippen LogP contribution in [0.2, 0.25) is 0 Å². The van der Waals surface area contributed by atoms with Gasteiger partial charge in [-0.2, -0.15) is 10.1 Å². The quantitative estimate of drug-likeness (QED) is 0.722. The van der Waals surface area contributed by atoms with Crippen LogP contribution in [-0.4, -0.2) is 34.7 Å². The largest absolute Gasteiger partial charge is 0.469 e. The second-order valence-corrected chi connectivity index (χ2v) is 3.77. The molecule has 1 aromatic heterocycles. The van der Waals surface area contributed by atoms with Crippen LogP contribution >= 0.6 is 0 Å². The molecular weight excluding hydrogens is 236 g/mol. The summed E-state index contributed by atoms with van der Waals surface area (Å²) in [5, 5.41) is 5.19. The molecule has 1 aliphatic rings. The van der Waals surface area contributed by atoms with Gasteiger partial charge in [-0.25, -0.2) is 9.97 Å². The van der Waals surface area contributed by atoms with Gasteiger partial charge in [-0.05, 0) is 13.0 Å². The van der Waals surface area contributed by atoms with Gasteiger partial charge in [0.25, 0.3) is 11.9 Å². The minimum atomic E-state index is -0.596. The van der Waals surface area contributed by atoms with Crippen molar-refractivity contribution in [3.63, 3.8) is 0 Å². The van der Waals surface area contributed by atoms with E-state index in [0.29, 0.717) is 5.71 Å². The third kappa shape index (κ3) is 2.20. The molecule has 1 atom stereocenters.